The number of amides is 1. The van der Waals surface area contributed by atoms with Crippen LogP contribution in [0.2, 0.25) is 0 Å². The molecule has 0 fully saturated rings. The van der Waals surface area contributed by atoms with Crippen molar-refractivity contribution in [1.82, 2.24) is 14.8 Å². The van der Waals surface area contributed by atoms with Gasteiger partial charge in [-0.2, -0.15) is 0 Å². The van der Waals surface area contributed by atoms with Crippen LogP contribution in [0.4, 0.5) is 0 Å². The molecule has 1 N–H and O–H groups in total. The van der Waals surface area contributed by atoms with Gasteiger partial charge in [0.05, 0.1) is 10.5 Å². The van der Waals surface area contributed by atoms with E-state index in [0.717, 1.165) is 45.1 Å². The maximum absolute atomic E-state index is 13.0. The van der Waals surface area contributed by atoms with Crippen LogP contribution >= 0.6 is 47.8 Å². The molecule has 27 heavy (non-hydrogen) atoms. The number of benzene rings is 1. The van der Waals surface area contributed by atoms with Gasteiger partial charge in [0, 0.05) is 51.1 Å². The number of hydrogen-bond donors (Lipinski definition) is 1. The molecule has 2 heterocycles. The molecule has 144 valence electrons. The molecule has 1 aliphatic heterocycles. The Morgan fingerprint density at radius 1 is 1.30 bits per heavy atom. The van der Waals surface area contributed by atoms with Crippen LogP contribution in [0.3, 0.4) is 0 Å². The largest absolute Gasteiger partial charge is 0.349 e. The summed E-state index contributed by atoms with van der Waals surface area (Å²) in [6, 6.07) is 2.39. The Morgan fingerprint density at radius 2 is 2.00 bits per heavy atom. The van der Waals surface area contributed by atoms with Gasteiger partial charge in [-0.25, -0.2) is 0 Å². The molecule has 0 bridgehead atoms. The molecule has 1 aromatic heterocycles. The quantitative estimate of drug-likeness (QED) is 0.562. The lowest BCUT2D eigenvalue weighted by molar-refractivity contribution is -0.134. The highest BCUT2D eigenvalue weighted by molar-refractivity contribution is 9.13. The molecule has 0 saturated heterocycles. The number of halogens is 3. The van der Waals surface area contributed by atoms with Gasteiger partial charge < -0.3 is 9.88 Å². The molecular weight excluding hydrogens is 538 g/mol. The lowest BCUT2D eigenvalue weighted by Gasteiger charge is -2.40. The second-order valence-electron chi connectivity index (χ2n) is 7.29. The number of nitrogens with zero attached hydrogens (tertiary/aromatic N) is 2. The van der Waals surface area contributed by atoms with E-state index < -0.39 is 0 Å². The van der Waals surface area contributed by atoms with Gasteiger partial charge in [-0.05, 0) is 92.3 Å². The highest BCUT2D eigenvalue weighted by Gasteiger charge is 2.38. The number of likely N-dealkylation sites (N-methyl/N-ethyl adjacent to an activating group) is 1. The van der Waals surface area contributed by atoms with E-state index >= 15 is 0 Å². The summed E-state index contributed by atoms with van der Waals surface area (Å²) in [5.41, 5.74) is 4.89. The first-order valence-electron chi connectivity index (χ1n) is 9.26. The van der Waals surface area contributed by atoms with Crippen LogP contribution < -0.4 is 0 Å². The summed E-state index contributed by atoms with van der Waals surface area (Å²) >= 11 is 11.2. The van der Waals surface area contributed by atoms with Gasteiger partial charge in [0.15, 0.2) is 0 Å². The monoisotopic (exact) mass is 557 g/mol. The molecule has 0 unspecified atom stereocenters. The predicted molar refractivity (Wildman–Crippen MR) is 121 cm³/mol. The standard InChI is InChI=1S/C20H22Br3N3O/c1-4-26(5-2)20(27)10-6-11-15(25(3)9-10)7-12-16-14(24-19(12)23)8-13(21)18(22)17(11)16/h6,8,10,15,24H,4-5,7,9H2,1-3H3/t10-,15-/m1/s1. The van der Waals surface area contributed by atoms with Crippen LogP contribution in [0.5, 0.6) is 0 Å². The highest BCUT2D eigenvalue weighted by atomic mass is 79.9. The third kappa shape index (κ3) is 3.05. The number of aromatic amines is 1. The molecule has 4 rings (SSSR count). The zero-order valence-electron chi connectivity index (χ0n) is 15.6. The molecular formula is C20H22Br3N3O. The van der Waals surface area contributed by atoms with E-state index in [1.165, 1.54) is 22.1 Å². The Labute approximate surface area is 184 Å². The number of H-pyrrole nitrogens is 1. The highest BCUT2D eigenvalue weighted by Crippen LogP contribution is 2.48. The summed E-state index contributed by atoms with van der Waals surface area (Å²) in [6.07, 6.45) is 3.16. The first kappa shape index (κ1) is 19.7. The molecule has 2 aliphatic rings. The van der Waals surface area contributed by atoms with E-state index in [1.54, 1.807) is 0 Å². The van der Waals surface area contributed by atoms with Crippen molar-refractivity contribution < 1.29 is 4.79 Å². The summed E-state index contributed by atoms with van der Waals surface area (Å²) in [4.78, 5) is 20.8. The van der Waals surface area contributed by atoms with Gasteiger partial charge in [0.25, 0.3) is 0 Å². The SMILES string of the molecule is CCN(CC)C(=O)[C@@H]1C=C2c3c(Br)c(Br)cc4[nH]c(Br)c(c34)C[C@H]2N(C)C1. The Morgan fingerprint density at radius 3 is 2.67 bits per heavy atom. The molecule has 0 spiro atoms. The van der Waals surface area contributed by atoms with E-state index in [1.807, 2.05) is 18.7 Å². The van der Waals surface area contributed by atoms with Crippen molar-refractivity contribution in [3.8, 4) is 0 Å². The normalized spacial score (nSPS) is 21.9. The molecule has 7 heteroatoms. The summed E-state index contributed by atoms with van der Waals surface area (Å²) in [7, 11) is 2.13. The first-order valence-corrected chi connectivity index (χ1v) is 11.6. The number of rotatable bonds is 3. The smallest absolute Gasteiger partial charge is 0.230 e. The lowest BCUT2D eigenvalue weighted by atomic mass is 9.79. The van der Waals surface area contributed by atoms with Crippen LogP contribution in [0.1, 0.15) is 25.0 Å². The molecule has 2 aromatic rings. The first-order chi connectivity index (χ1) is 12.9. The van der Waals surface area contributed by atoms with Crippen molar-refractivity contribution >= 4 is 70.2 Å². The van der Waals surface area contributed by atoms with E-state index in [0.29, 0.717) is 0 Å². The molecule has 1 amide bonds. The fourth-order valence-electron chi connectivity index (χ4n) is 4.49. The minimum absolute atomic E-state index is 0.106. The Balaban J connectivity index is 1.91. The van der Waals surface area contributed by atoms with Gasteiger partial charge in [0.1, 0.15) is 0 Å². The van der Waals surface area contributed by atoms with E-state index in [2.05, 4.69) is 76.9 Å². The van der Waals surface area contributed by atoms with Gasteiger partial charge in [0.2, 0.25) is 5.91 Å². The van der Waals surface area contributed by atoms with Gasteiger partial charge in [-0.1, -0.05) is 6.08 Å². The van der Waals surface area contributed by atoms with Gasteiger partial charge in [-0.15, -0.1) is 0 Å². The van der Waals surface area contributed by atoms with E-state index in [9.17, 15) is 4.79 Å². The van der Waals surface area contributed by atoms with Crippen molar-refractivity contribution in [2.75, 3.05) is 26.7 Å². The van der Waals surface area contributed by atoms with Crippen LogP contribution in [0.25, 0.3) is 16.5 Å². The van der Waals surface area contributed by atoms with Crippen LogP contribution in [0, 0.1) is 5.92 Å². The maximum Gasteiger partial charge on any atom is 0.230 e. The predicted octanol–water partition coefficient (Wildman–Crippen LogP) is 5.19. The van der Waals surface area contributed by atoms with Crippen LogP contribution in [0.15, 0.2) is 25.7 Å². The molecule has 2 atom stereocenters. The van der Waals surface area contributed by atoms with Gasteiger partial charge >= 0.3 is 0 Å². The Hall–Kier alpha value is -0.630. The summed E-state index contributed by atoms with van der Waals surface area (Å²) in [5.74, 6) is 0.118. The van der Waals surface area contributed by atoms with Crippen molar-refractivity contribution in [3.05, 3.63) is 36.8 Å². The minimum Gasteiger partial charge on any atom is -0.349 e. The van der Waals surface area contributed by atoms with Crippen LogP contribution in [-0.4, -0.2) is 53.4 Å². The van der Waals surface area contributed by atoms with Crippen molar-refractivity contribution in [3.63, 3.8) is 0 Å². The number of carbonyl (C=O) groups is 1. The van der Waals surface area contributed by atoms with E-state index in [-0.39, 0.29) is 17.9 Å². The number of aromatic nitrogens is 1. The molecule has 4 nitrogen and oxygen atoms in total. The zero-order chi connectivity index (χ0) is 19.5. The third-order valence-corrected chi connectivity index (χ3v) is 8.52. The Kier molecular flexibility index (Phi) is 5.33. The second-order valence-corrected chi connectivity index (χ2v) is 9.73. The lowest BCUT2D eigenvalue weighted by Crippen LogP contribution is -2.47. The molecule has 1 aromatic carbocycles. The molecule has 1 aliphatic carbocycles. The van der Waals surface area contributed by atoms with E-state index in [4.69, 9.17) is 0 Å². The maximum atomic E-state index is 13.0. The Bertz CT molecular complexity index is 961. The second kappa shape index (κ2) is 7.32. The van der Waals surface area contributed by atoms with Crippen LogP contribution in [-0.2, 0) is 11.2 Å². The van der Waals surface area contributed by atoms with Gasteiger partial charge in [-0.3, -0.25) is 9.69 Å². The minimum atomic E-state index is -0.106. The summed E-state index contributed by atoms with van der Waals surface area (Å²) < 4.78 is 3.13. The average Bonchev–Trinajstić information content (AvgIpc) is 2.95. The topological polar surface area (TPSA) is 39.3 Å². The number of hydrogen-bond acceptors (Lipinski definition) is 2. The third-order valence-electron chi connectivity index (χ3n) is 5.87. The van der Waals surface area contributed by atoms with Crippen molar-refractivity contribution in [2.24, 2.45) is 5.92 Å². The molecule has 0 saturated carbocycles. The number of fused-ring (bicyclic) bond motifs is 2. The molecule has 0 radical (unpaired) electrons. The zero-order valence-corrected chi connectivity index (χ0v) is 20.3. The fourth-order valence-corrected chi connectivity index (χ4v) is 6.03. The fraction of sp³-hybridized carbons (Fsp3) is 0.450. The van der Waals surface area contributed by atoms with Crippen molar-refractivity contribution in [2.45, 2.75) is 26.3 Å². The number of carbonyl (C=O) groups excluding carboxylic acids is 1. The summed E-state index contributed by atoms with van der Waals surface area (Å²) in [6.45, 7) is 6.35. The average molecular weight is 560 g/mol. The van der Waals surface area contributed by atoms with Crippen molar-refractivity contribution in [1.29, 1.82) is 0 Å². The summed E-state index contributed by atoms with van der Waals surface area (Å²) in [5, 5.41) is 1.25. The number of nitrogens with one attached hydrogen (secondary N) is 1.